The number of nitrogens with one attached hydrogen (secondary N) is 1. The fraction of sp³-hybridized carbons (Fsp3) is 0.783. The molecule has 1 fully saturated rings. The van der Waals surface area contributed by atoms with E-state index in [2.05, 4.69) is 39.1 Å². The topological polar surface area (TPSA) is 58.6 Å². The standard InChI is InChI=1S/C23H37NO3/c1-14-8-7-11-22(4,5)19(14)12-17-13-23(6,24-16(3)25)18-10-9-15(2)20(26)21(18)27-17/h9,17-18,20-21,26H,7-8,10-13H2,1-6H3,(H,24,25)/t17-,18-,20-,21-,23-/m1/s1. The van der Waals surface area contributed by atoms with Crippen LogP contribution in [0.4, 0.5) is 0 Å². The van der Waals surface area contributed by atoms with Gasteiger partial charge in [-0.15, -0.1) is 0 Å². The highest BCUT2D eigenvalue weighted by atomic mass is 16.5. The second kappa shape index (κ2) is 7.36. The molecule has 152 valence electrons. The van der Waals surface area contributed by atoms with Gasteiger partial charge in [0.1, 0.15) is 6.10 Å². The van der Waals surface area contributed by atoms with E-state index in [4.69, 9.17) is 4.74 Å². The fourth-order valence-electron chi connectivity index (χ4n) is 5.75. The van der Waals surface area contributed by atoms with Crippen LogP contribution in [0.25, 0.3) is 0 Å². The third-order valence-electron chi connectivity index (χ3n) is 7.27. The molecule has 4 heteroatoms. The molecule has 0 saturated carbocycles. The maximum Gasteiger partial charge on any atom is 0.217 e. The number of aliphatic hydroxyl groups is 1. The smallest absolute Gasteiger partial charge is 0.217 e. The maximum absolute atomic E-state index is 12.0. The average Bonchev–Trinajstić information content (AvgIpc) is 2.54. The number of carbonyl (C=O) groups excluding carboxylic acids is 1. The van der Waals surface area contributed by atoms with E-state index in [1.165, 1.54) is 30.4 Å². The van der Waals surface area contributed by atoms with Crippen LogP contribution in [-0.4, -0.2) is 34.9 Å². The first-order valence-corrected chi connectivity index (χ1v) is 10.5. The summed E-state index contributed by atoms with van der Waals surface area (Å²) in [5.74, 6) is 0.0943. The highest BCUT2D eigenvalue weighted by Gasteiger charge is 2.51. The number of amides is 1. The van der Waals surface area contributed by atoms with Gasteiger partial charge in [0.15, 0.2) is 0 Å². The summed E-state index contributed by atoms with van der Waals surface area (Å²) in [6, 6.07) is 0. The van der Waals surface area contributed by atoms with E-state index >= 15 is 0 Å². The Morgan fingerprint density at radius 3 is 2.67 bits per heavy atom. The highest BCUT2D eigenvalue weighted by Crippen LogP contribution is 2.47. The van der Waals surface area contributed by atoms with Gasteiger partial charge in [-0.25, -0.2) is 0 Å². The van der Waals surface area contributed by atoms with Gasteiger partial charge < -0.3 is 15.2 Å². The van der Waals surface area contributed by atoms with Crippen molar-refractivity contribution >= 4 is 5.91 Å². The number of fused-ring (bicyclic) bond motifs is 1. The van der Waals surface area contributed by atoms with Crippen LogP contribution in [0.1, 0.15) is 80.1 Å². The number of hydrogen-bond donors (Lipinski definition) is 2. The molecule has 1 aliphatic heterocycles. The van der Waals surface area contributed by atoms with E-state index < -0.39 is 6.10 Å². The molecule has 1 amide bonds. The molecule has 0 bridgehead atoms. The molecule has 0 aromatic rings. The Balaban J connectivity index is 1.89. The molecule has 3 aliphatic rings. The molecule has 3 rings (SSSR count). The first-order valence-electron chi connectivity index (χ1n) is 10.5. The highest BCUT2D eigenvalue weighted by molar-refractivity contribution is 5.73. The van der Waals surface area contributed by atoms with Crippen molar-refractivity contribution in [3.8, 4) is 0 Å². The predicted molar refractivity (Wildman–Crippen MR) is 108 cm³/mol. The average molecular weight is 376 g/mol. The lowest BCUT2D eigenvalue weighted by Gasteiger charge is -2.52. The summed E-state index contributed by atoms with van der Waals surface area (Å²) < 4.78 is 6.52. The molecule has 0 radical (unpaired) electrons. The van der Waals surface area contributed by atoms with Crippen molar-refractivity contribution in [2.24, 2.45) is 11.3 Å². The number of hydrogen-bond acceptors (Lipinski definition) is 3. The summed E-state index contributed by atoms with van der Waals surface area (Å²) in [5.41, 5.74) is 3.84. The molecule has 1 saturated heterocycles. The SMILES string of the molecule is CC(=O)N[C@]1(C)C[C@@H](CC2=C(C)CCCC2(C)C)O[C@H]2[C@H](O)C(C)=CC[C@H]21. The first-order chi connectivity index (χ1) is 12.5. The minimum atomic E-state index is -0.589. The van der Waals surface area contributed by atoms with E-state index in [0.717, 1.165) is 24.8 Å². The Bertz CT molecular complexity index is 663. The van der Waals surface area contributed by atoms with Crippen LogP contribution in [0, 0.1) is 11.3 Å². The molecule has 2 N–H and O–H groups in total. The van der Waals surface area contributed by atoms with E-state index in [9.17, 15) is 9.90 Å². The van der Waals surface area contributed by atoms with Crippen molar-refractivity contribution in [1.82, 2.24) is 5.32 Å². The van der Waals surface area contributed by atoms with Crippen LogP contribution >= 0.6 is 0 Å². The molecule has 2 aliphatic carbocycles. The second-order valence-electron chi connectivity index (χ2n) is 9.96. The van der Waals surface area contributed by atoms with E-state index in [1.54, 1.807) is 6.92 Å². The van der Waals surface area contributed by atoms with Crippen LogP contribution in [0.15, 0.2) is 22.8 Å². The molecule has 27 heavy (non-hydrogen) atoms. The lowest BCUT2D eigenvalue weighted by molar-refractivity contribution is -0.163. The normalized spacial score (nSPS) is 38.9. The number of allylic oxidation sites excluding steroid dienone is 2. The zero-order valence-electron chi connectivity index (χ0n) is 17.9. The first kappa shape index (κ1) is 20.6. The molecule has 0 spiro atoms. The largest absolute Gasteiger partial charge is 0.386 e. The quantitative estimate of drug-likeness (QED) is 0.724. The lowest BCUT2D eigenvalue weighted by atomic mass is 9.66. The van der Waals surface area contributed by atoms with E-state index in [-0.39, 0.29) is 35.0 Å². The lowest BCUT2D eigenvalue weighted by Crippen LogP contribution is -2.63. The molecule has 4 nitrogen and oxygen atoms in total. The number of aliphatic hydroxyl groups excluding tert-OH is 1. The van der Waals surface area contributed by atoms with Crippen LogP contribution in [0.3, 0.4) is 0 Å². The molecule has 0 unspecified atom stereocenters. The number of carbonyl (C=O) groups is 1. The molecular weight excluding hydrogens is 338 g/mol. The van der Waals surface area contributed by atoms with Crippen molar-refractivity contribution < 1.29 is 14.6 Å². The minimum absolute atomic E-state index is 0.00828. The monoisotopic (exact) mass is 375 g/mol. The Labute approximate surface area is 164 Å². The van der Waals surface area contributed by atoms with E-state index in [1.807, 2.05) is 6.92 Å². The van der Waals surface area contributed by atoms with Crippen molar-refractivity contribution in [2.75, 3.05) is 0 Å². The summed E-state index contributed by atoms with van der Waals surface area (Å²) in [6.07, 6.45) is 7.45. The van der Waals surface area contributed by atoms with Crippen LogP contribution in [-0.2, 0) is 9.53 Å². The van der Waals surface area contributed by atoms with Gasteiger partial charge in [0.2, 0.25) is 5.91 Å². The van der Waals surface area contributed by atoms with Crippen LogP contribution < -0.4 is 5.32 Å². The van der Waals surface area contributed by atoms with E-state index in [0.29, 0.717) is 0 Å². The number of ether oxygens (including phenoxy) is 1. The molecule has 0 aromatic heterocycles. The third-order valence-corrected chi connectivity index (χ3v) is 7.27. The second-order valence-corrected chi connectivity index (χ2v) is 9.96. The van der Waals surface area contributed by atoms with Gasteiger partial charge in [0.05, 0.1) is 12.2 Å². The Morgan fingerprint density at radius 1 is 1.33 bits per heavy atom. The van der Waals surface area contributed by atoms with Gasteiger partial charge >= 0.3 is 0 Å². The van der Waals surface area contributed by atoms with Crippen molar-refractivity contribution in [2.45, 2.75) is 104 Å². The summed E-state index contributed by atoms with van der Waals surface area (Å²) in [7, 11) is 0. The Morgan fingerprint density at radius 2 is 2.04 bits per heavy atom. The van der Waals surface area contributed by atoms with Gasteiger partial charge in [-0.05, 0) is 70.3 Å². The summed E-state index contributed by atoms with van der Waals surface area (Å²) in [5, 5.41) is 14.0. The van der Waals surface area contributed by atoms with Gasteiger partial charge in [0, 0.05) is 18.4 Å². The summed E-state index contributed by atoms with van der Waals surface area (Å²) in [6.45, 7) is 12.6. The number of rotatable bonds is 3. The van der Waals surface area contributed by atoms with Crippen molar-refractivity contribution in [3.05, 3.63) is 22.8 Å². The predicted octanol–water partition coefficient (Wildman–Crippen LogP) is 4.28. The minimum Gasteiger partial charge on any atom is -0.386 e. The third kappa shape index (κ3) is 4.02. The zero-order valence-corrected chi connectivity index (χ0v) is 17.9. The maximum atomic E-state index is 12.0. The van der Waals surface area contributed by atoms with Gasteiger partial charge in [-0.2, -0.15) is 0 Å². The Hall–Kier alpha value is -1.13. The molecule has 0 aromatic carbocycles. The van der Waals surface area contributed by atoms with Crippen molar-refractivity contribution in [1.29, 1.82) is 0 Å². The molecule has 1 heterocycles. The van der Waals surface area contributed by atoms with Gasteiger partial charge in [0.25, 0.3) is 0 Å². The van der Waals surface area contributed by atoms with Crippen LogP contribution in [0.2, 0.25) is 0 Å². The molecular formula is C23H37NO3. The summed E-state index contributed by atoms with van der Waals surface area (Å²) in [4.78, 5) is 12.0. The Kier molecular flexibility index (Phi) is 5.62. The summed E-state index contributed by atoms with van der Waals surface area (Å²) >= 11 is 0. The van der Waals surface area contributed by atoms with Gasteiger partial charge in [-0.3, -0.25) is 4.79 Å². The van der Waals surface area contributed by atoms with Gasteiger partial charge in [-0.1, -0.05) is 31.1 Å². The molecule has 5 atom stereocenters. The fourth-order valence-corrected chi connectivity index (χ4v) is 5.75. The zero-order chi connectivity index (χ0) is 20.0. The van der Waals surface area contributed by atoms with Crippen LogP contribution in [0.5, 0.6) is 0 Å². The van der Waals surface area contributed by atoms with Crippen molar-refractivity contribution in [3.63, 3.8) is 0 Å².